The largest absolute Gasteiger partial charge is 0.419 e. The summed E-state index contributed by atoms with van der Waals surface area (Å²) in [5.41, 5.74) is 0.878. The Bertz CT molecular complexity index is 533. The second kappa shape index (κ2) is 5.08. The van der Waals surface area contributed by atoms with Crippen LogP contribution in [0.3, 0.4) is 0 Å². The van der Waals surface area contributed by atoms with Gasteiger partial charge in [0, 0.05) is 18.7 Å². The lowest BCUT2D eigenvalue weighted by Crippen LogP contribution is -2.22. The fourth-order valence-electron chi connectivity index (χ4n) is 2.18. The van der Waals surface area contributed by atoms with E-state index in [0.717, 1.165) is 5.56 Å². The summed E-state index contributed by atoms with van der Waals surface area (Å²) in [6.45, 7) is 1.28. The molecule has 3 rings (SSSR count). The van der Waals surface area contributed by atoms with Crippen molar-refractivity contribution in [2.75, 3.05) is 13.1 Å². The first-order valence-corrected chi connectivity index (χ1v) is 6.18. The van der Waals surface area contributed by atoms with E-state index in [1.165, 1.54) is 0 Å². The molecule has 1 fully saturated rings. The second-order valence-corrected chi connectivity index (χ2v) is 4.70. The molecule has 1 saturated heterocycles. The zero-order valence-electron chi connectivity index (χ0n) is 10.3. The van der Waals surface area contributed by atoms with Crippen LogP contribution in [0.4, 0.5) is 0 Å². The highest BCUT2D eigenvalue weighted by molar-refractivity contribution is 5.51. The van der Waals surface area contributed by atoms with E-state index in [2.05, 4.69) is 10.2 Å². The molecule has 6 nitrogen and oxygen atoms in total. The monoisotopic (exact) mass is 261 g/mol. The minimum Gasteiger partial charge on any atom is -0.419 e. The van der Waals surface area contributed by atoms with Crippen molar-refractivity contribution in [1.29, 1.82) is 0 Å². The standard InChI is InChI=1S/C13H15N3O3/c17-10-6-16(7-11(10)18)8-12-14-15-13(19-12)9-4-2-1-3-5-9/h1-5,10-11,17-18H,6-8H2/t10-,11+. The molecule has 2 heterocycles. The molecule has 0 amide bonds. The van der Waals surface area contributed by atoms with Crippen LogP contribution in [0.2, 0.25) is 0 Å². The minimum atomic E-state index is -0.698. The number of rotatable bonds is 3. The van der Waals surface area contributed by atoms with Crippen LogP contribution >= 0.6 is 0 Å². The van der Waals surface area contributed by atoms with E-state index < -0.39 is 12.2 Å². The summed E-state index contributed by atoms with van der Waals surface area (Å²) in [7, 11) is 0. The molecule has 0 unspecified atom stereocenters. The predicted molar refractivity (Wildman–Crippen MR) is 67.0 cm³/mol. The van der Waals surface area contributed by atoms with Gasteiger partial charge in [-0.3, -0.25) is 4.90 Å². The van der Waals surface area contributed by atoms with Crippen LogP contribution in [0, 0.1) is 0 Å². The summed E-state index contributed by atoms with van der Waals surface area (Å²) in [4.78, 5) is 1.89. The molecular weight excluding hydrogens is 246 g/mol. The highest BCUT2D eigenvalue weighted by atomic mass is 16.4. The highest BCUT2D eigenvalue weighted by Crippen LogP contribution is 2.19. The van der Waals surface area contributed by atoms with E-state index in [-0.39, 0.29) is 0 Å². The lowest BCUT2D eigenvalue weighted by molar-refractivity contribution is 0.0572. The van der Waals surface area contributed by atoms with Gasteiger partial charge < -0.3 is 14.6 Å². The molecule has 1 aliphatic heterocycles. The van der Waals surface area contributed by atoms with E-state index >= 15 is 0 Å². The average molecular weight is 261 g/mol. The third kappa shape index (κ3) is 2.65. The Labute approximate surface area is 110 Å². The van der Waals surface area contributed by atoms with Gasteiger partial charge in [0.25, 0.3) is 0 Å². The third-order valence-electron chi connectivity index (χ3n) is 3.18. The summed E-state index contributed by atoms with van der Waals surface area (Å²) in [5.74, 6) is 0.969. The molecule has 100 valence electrons. The highest BCUT2D eigenvalue weighted by Gasteiger charge is 2.30. The maximum atomic E-state index is 9.47. The first-order valence-electron chi connectivity index (χ1n) is 6.18. The zero-order valence-corrected chi connectivity index (χ0v) is 10.3. The van der Waals surface area contributed by atoms with Gasteiger partial charge in [0.05, 0.1) is 18.8 Å². The SMILES string of the molecule is O[C@@H]1CN(Cc2nnc(-c3ccccc3)o2)C[C@@H]1O. The van der Waals surface area contributed by atoms with Gasteiger partial charge in [0.2, 0.25) is 11.8 Å². The molecule has 0 bridgehead atoms. The molecule has 0 saturated carbocycles. The number of aromatic nitrogens is 2. The van der Waals surface area contributed by atoms with Crippen molar-refractivity contribution in [2.45, 2.75) is 18.8 Å². The zero-order chi connectivity index (χ0) is 13.2. The third-order valence-corrected chi connectivity index (χ3v) is 3.18. The van der Waals surface area contributed by atoms with Gasteiger partial charge in [-0.05, 0) is 12.1 Å². The molecule has 2 aromatic rings. The van der Waals surface area contributed by atoms with E-state index in [1.54, 1.807) is 0 Å². The molecule has 1 aliphatic rings. The molecule has 1 aromatic heterocycles. The summed E-state index contributed by atoms with van der Waals surface area (Å²) < 4.78 is 5.57. The van der Waals surface area contributed by atoms with Gasteiger partial charge in [0.15, 0.2) is 0 Å². The van der Waals surface area contributed by atoms with Crippen molar-refractivity contribution >= 4 is 0 Å². The predicted octanol–water partition coefficient (Wildman–Crippen LogP) is 0.274. The van der Waals surface area contributed by atoms with Crippen molar-refractivity contribution in [3.05, 3.63) is 36.2 Å². The Morgan fingerprint density at radius 3 is 2.47 bits per heavy atom. The topological polar surface area (TPSA) is 82.6 Å². The van der Waals surface area contributed by atoms with Crippen LogP contribution in [0.5, 0.6) is 0 Å². The lowest BCUT2D eigenvalue weighted by Gasteiger charge is -2.10. The number of β-amino-alcohol motifs (C(OH)–C–C–N with tert-alkyl or cyclic N) is 2. The van der Waals surface area contributed by atoms with Crippen molar-refractivity contribution < 1.29 is 14.6 Å². The molecule has 2 atom stereocenters. The molecule has 2 N–H and O–H groups in total. The number of nitrogens with zero attached hydrogens (tertiary/aromatic N) is 3. The molecular formula is C13H15N3O3. The van der Waals surface area contributed by atoms with Crippen LogP contribution in [0.15, 0.2) is 34.7 Å². The minimum absolute atomic E-state index is 0.421. The van der Waals surface area contributed by atoms with Crippen molar-refractivity contribution in [3.63, 3.8) is 0 Å². The second-order valence-electron chi connectivity index (χ2n) is 4.70. The molecule has 0 radical (unpaired) electrons. The maximum absolute atomic E-state index is 9.47. The van der Waals surface area contributed by atoms with Crippen LogP contribution in [-0.2, 0) is 6.54 Å². The molecule has 1 aromatic carbocycles. The van der Waals surface area contributed by atoms with Gasteiger partial charge in [0.1, 0.15) is 0 Å². The number of aliphatic hydroxyl groups excluding tert-OH is 2. The number of aliphatic hydroxyl groups is 2. The van der Waals surface area contributed by atoms with E-state index in [9.17, 15) is 10.2 Å². The smallest absolute Gasteiger partial charge is 0.247 e. The Morgan fingerprint density at radius 2 is 1.79 bits per heavy atom. The van der Waals surface area contributed by atoms with E-state index in [4.69, 9.17) is 4.42 Å². The van der Waals surface area contributed by atoms with Gasteiger partial charge >= 0.3 is 0 Å². The number of likely N-dealkylation sites (tertiary alicyclic amines) is 1. The Balaban J connectivity index is 1.69. The summed E-state index contributed by atoms with van der Waals surface area (Å²) >= 11 is 0. The van der Waals surface area contributed by atoms with Crippen molar-refractivity contribution in [1.82, 2.24) is 15.1 Å². The molecule has 0 aliphatic carbocycles. The fraction of sp³-hybridized carbons (Fsp3) is 0.385. The lowest BCUT2D eigenvalue weighted by atomic mass is 10.2. The Kier molecular flexibility index (Phi) is 3.29. The van der Waals surface area contributed by atoms with Crippen molar-refractivity contribution in [3.8, 4) is 11.5 Å². The normalized spacial score (nSPS) is 23.9. The summed E-state index contributed by atoms with van der Waals surface area (Å²) in [6, 6.07) is 9.55. The van der Waals surface area contributed by atoms with Gasteiger partial charge in [-0.2, -0.15) is 0 Å². The Morgan fingerprint density at radius 1 is 1.11 bits per heavy atom. The summed E-state index contributed by atoms with van der Waals surface area (Å²) in [5, 5.41) is 26.9. The Hall–Kier alpha value is -1.76. The first kappa shape index (κ1) is 12.3. The van der Waals surface area contributed by atoms with Crippen LogP contribution in [-0.4, -0.2) is 50.6 Å². The van der Waals surface area contributed by atoms with Crippen LogP contribution in [0.1, 0.15) is 5.89 Å². The number of benzene rings is 1. The number of hydrogen-bond acceptors (Lipinski definition) is 6. The molecule has 6 heteroatoms. The number of hydrogen-bond donors (Lipinski definition) is 2. The molecule has 0 spiro atoms. The van der Waals surface area contributed by atoms with Crippen LogP contribution < -0.4 is 0 Å². The maximum Gasteiger partial charge on any atom is 0.247 e. The van der Waals surface area contributed by atoms with Crippen molar-refractivity contribution in [2.24, 2.45) is 0 Å². The van der Waals surface area contributed by atoms with Crippen LogP contribution in [0.25, 0.3) is 11.5 Å². The first-order chi connectivity index (χ1) is 9.22. The fourth-order valence-corrected chi connectivity index (χ4v) is 2.18. The molecule has 19 heavy (non-hydrogen) atoms. The van der Waals surface area contributed by atoms with E-state index in [1.807, 2.05) is 35.2 Å². The van der Waals surface area contributed by atoms with Gasteiger partial charge in [-0.1, -0.05) is 18.2 Å². The van der Waals surface area contributed by atoms with Gasteiger partial charge in [-0.25, -0.2) is 0 Å². The van der Waals surface area contributed by atoms with Gasteiger partial charge in [-0.15, -0.1) is 10.2 Å². The quantitative estimate of drug-likeness (QED) is 0.825. The van der Waals surface area contributed by atoms with E-state index in [0.29, 0.717) is 31.4 Å². The average Bonchev–Trinajstić information content (AvgIpc) is 2.99. The summed E-state index contributed by atoms with van der Waals surface area (Å²) in [6.07, 6.45) is -1.40.